The molecule has 2 aromatic rings. The molecular formula is C22H23FN2O4. The molecule has 152 valence electrons. The van der Waals surface area contributed by atoms with Gasteiger partial charge >= 0.3 is 5.97 Å². The summed E-state index contributed by atoms with van der Waals surface area (Å²) in [6.07, 6.45) is 0. The van der Waals surface area contributed by atoms with Gasteiger partial charge in [0, 0.05) is 37.3 Å². The smallest absolute Gasteiger partial charge is 0.313 e. The van der Waals surface area contributed by atoms with E-state index in [0.717, 1.165) is 13.1 Å². The van der Waals surface area contributed by atoms with E-state index in [2.05, 4.69) is 4.90 Å². The Hall–Kier alpha value is -2.77. The van der Waals surface area contributed by atoms with E-state index in [0.29, 0.717) is 37.4 Å². The Morgan fingerprint density at radius 1 is 1.03 bits per heavy atom. The summed E-state index contributed by atoms with van der Waals surface area (Å²) < 4.78 is 20.1. The minimum atomic E-state index is -1.07. The topological polar surface area (TPSA) is 70.1 Å². The van der Waals surface area contributed by atoms with Crippen LogP contribution in [-0.4, -0.2) is 66.2 Å². The van der Waals surface area contributed by atoms with Crippen molar-refractivity contribution in [2.45, 2.75) is 12.0 Å². The Morgan fingerprint density at radius 3 is 2.38 bits per heavy atom. The molecule has 6 nitrogen and oxygen atoms in total. The van der Waals surface area contributed by atoms with Crippen LogP contribution in [0.15, 0.2) is 48.5 Å². The maximum Gasteiger partial charge on any atom is 0.313 e. The lowest BCUT2D eigenvalue weighted by Gasteiger charge is -2.42. The van der Waals surface area contributed by atoms with Gasteiger partial charge in [-0.2, -0.15) is 0 Å². The number of ether oxygens (including phenoxy) is 1. The quantitative estimate of drug-likeness (QED) is 0.838. The summed E-state index contributed by atoms with van der Waals surface area (Å²) in [6, 6.07) is 11.9. The van der Waals surface area contributed by atoms with Crippen LogP contribution < -0.4 is 0 Å². The maximum absolute atomic E-state index is 14.7. The molecule has 0 radical (unpaired) electrons. The lowest BCUT2D eigenvalue weighted by molar-refractivity contribution is -0.140. The molecule has 2 unspecified atom stereocenters. The highest BCUT2D eigenvalue weighted by molar-refractivity contribution is 6.00. The number of fused-ring (bicyclic) bond motifs is 1. The Bertz CT molecular complexity index is 913. The van der Waals surface area contributed by atoms with Gasteiger partial charge < -0.3 is 14.7 Å². The molecule has 1 N–H and O–H groups in total. The Morgan fingerprint density at radius 2 is 1.69 bits per heavy atom. The molecule has 2 aliphatic rings. The van der Waals surface area contributed by atoms with Gasteiger partial charge in [-0.05, 0) is 17.7 Å². The lowest BCUT2D eigenvalue weighted by Crippen LogP contribution is -2.49. The average Bonchev–Trinajstić information content (AvgIpc) is 2.74. The van der Waals surface area contributed by atoms with Crippen LogP contribution in [0.25, 0.3) is 0 Å². The number of rotatable bonds is 5. The Labute approximate surface area is 168 Å². The molecule has 2 aliphatic heterocycles. The third-order valence-corrected chi connectivity index (χ3v) is 5.69. The number of nitrogens with zero attached hydrogens (tertiary/aromatic N) is 2. The minimum Gasteiger partial charge on any atom is -0.481 e. The lowest BCUT2D eigenvalue weighted by atomic mass is 9.79. The minimum absolute atomic E-state index is 0.227. The number of amides is 1. The molecule has 4 rings (SSSR count). The van der Waals surface area contributed by atoms with Gasteiger partial charge in [-0.1, -0.05) is 36.4 Å². The molecule has 0 bridgehead atoms. The van der Waals surface area contributed by atoms with E-state index >= 15 is 0 Å². The summed E-state index contributed by atoms with van der Waals surface area (Å²) in [5, 5.41) is 10.0. The second-order valence-corrected chi connectivity index (χ2v) is 7.32. The molecule has 1 fully saturated rings. The first kappa shape index (κ1) is 19.5. The van der Waals surface area contributed by atoms with E-state index in [9.17, 15) is 19.1 Å². The highest BCUT2D eigenvalue weighted by Crippen LogP contribution is 2.43. The van der Waals surface area contributed by atoms with Crippen LogP contribution in [0.1, 0.15) is 33.4 Å². The molecule has 1 amide bonds. The molecule has 0 spiro atoms. The fourth-order valence-electron chi connectivity index (χ4n) is 4.24. The molecule has 7 heteroatoms. The number of halogens is 1. The molecule has 2 atom stereocenters. The normalized spacial score (nSPS) is 22.4. The van der Waals surface area contributed by atoms with Gasteiger partial charge in [0.1, 0.15) is 11.7 Å². The van der Waals surface area contributed by atoms with Crippen molar-refractivity contribution in [3.05, 3.63) is 71.0 Å². The van der Waals surface area contributed by atoms with Crippen molar-refractivity contribution < 1.29 is 23.8 Å². The van der Waals surface area contributed by atoms with Crippen LogP contribution in [0.3, 0.4) is 0 Å². The fourth-order valence-corrected chi connectivity index (χ4v) is 4.24. The van der Waals surface area contributed by atoms with Crippen molar-refractivity contribution in [3.8, 4) is 0 Å². The van der Waals surface area contributed by atoms with E-state index in [4.69, 9.17) is 4.74 Å². The van der Waals surface area contributed by atoms with E-state index in [1.807, 2.05) is 0 Å². The molecular weight excluding hydrogens is 375 g/mol. The first-order valence-corrected chi connectivity index (χ1v) is 9.75. The molecule has 0 saturated carbocycles. The molecule has 2 heterocycles. The van der Waals surface area contributed by atoms with Gasteiger partial charge in [0.15, 0.2) is 0 Å². The fraction of sp³-hybridized carbons (Fsp3) is 0.364. The van der Waals surface area contributed by atoms with Crippen molar-refractivity contribution in [1.82, 2.24) is 9.80 Å². The van der Waals surface area contributed by atoms with Gasteiger partial charge in [0.05, 0.1) is 19.3 Å². The Balaban J connectivity index is 1.76. The van der Waals surface area contributed by atoms with E-state index in [1.165, 1.54) is 11.0 Å². The third-order valence-electron chi connectivity index (χ3n) is 5.69. The second-order valence-electron chi connectivity index (χ2n) is 7.32. The van der Waals surface area contributed by atoms with Crippen LogP contribution in [0.2, 0.25) is 0 Å². The standard InChI is InChI=1S/C22H23FN2O4/c23-18-8-4-3-7-17(18)20-19(22(27)28)15-5-1-2-6-16(15)21(26)25(20)10-9-24-11-13-29-14-12-24/h1-8,19-20H,9-14H2,(H,27,28). The zero-order chi connectivity index (χ0) is 20.4. The summed E-state index contributed by atoms with van der Waals surface area (Å²) in [7, 11) is 0. The predicted molar refractivity (Wildman–Crippen MR) is 104 cm³/mol. The van der Waals surface area contributed by atoms with Crippen LogP contribution in [0.5, 0.6) is 0 Å². The number of morpholine rings is 1. The molecule has 2 aromatic carbocycles. The van der Waals surface area contributed by atoms with E-state index in [-0.39, 0.29) is 11.5 Å². The van der Waals surface area contributed by atoms with Gasteiger partial charge in [-0.3, -0.25) is 14.5 Å². The molecule has 0 aliphatic carbocycles. The first-order chi connectivity index (χ1) is 14.1. The largest absolute Gasteiger partial charge is 0.481 e. The summed E-state index contributed by atoms with van der Waals surface area (Å²) in [5.41, 5.74) is 1.03. The van der Waals surface area contributed by atoms with Crippen molar-refractivity contribution in [3.63, 3.8) is 0 Å². The summed E-state index contributed by atoms with van der Waals surface area (Å²) in [6.45, 7) is 3.66. The zero-order valence-electron chi connectivity index (χ0n) is 16.0. The number of carbonyl (C=O) groups excluding carboxylic acids is 1. The molecule has 1 saturated heterocycles. The van der Waals surface area contributed by atoms with Crippen LogP contribution in [0.4, 0.5) is 4.39 Å². The molecule has 0 aromatic heterocycles. The summed E-state index contributed by atoms with van der Waals surface area (Å²) in [5.74, 6) is -2.88. The second kappa shape index (κ2) is 8.31. The predicted octanol–water partition coefficient (Wildman–Crippen LogP) is 2.52. The SMILES string of the molecule is O=C(O)C1c2ccccc2C(=O)N(CCN2CCOCC2)C1c1ccccc1F. The first-order valence-electron chi connectivity index (χ1n) is 9.75. The zero-order valence-corrected chi connectivity index (χ0v) is 16.0. The number of benzene rings is 2. The number of hydrogen-bond acceptors (Lipinski definition) is 4. The van der Waals surface area contributed by atoms with E-state index < -0.39 is 23.7 Å². The number of carboxylic acid groups (broad SMARTS) is 1. The van der Waals surface area contributed by atoms with Crippen molar-refractivity contribution in [2.75, 3.05) is 39.4 Å². The number of carboxylic acids is 1. The summed E-state index contributed by atoms with van der Waals surface area (Å²) in [4.78, 5) is 29.3. The van der Waals surface area contributed by atoms with Gasteiger partial charge in [-0.25, -0.2) is 4.39 Å². The monoisotopic (exact) mass is 398 g/mol. The van der Waals surface area contributed by atoms with Crippen molar-refractivity contribution in [1.29, 1.82) is 0 Å². The van der Waals surface area contributed by atoms with Crippen LogP contribution in [0, 0.1) is 5.82 Å². The van der Waals surface area contributed by atoms with Gasteiger partial charge in [-0.15, -0.1) is 0 Å². The summed E-state index contributed by atoms with van der Waals surface area (Å²) >= 11 is 0. The van der Waals surface area contributed by atoms with Crippen molar-refractivity contribution in [2.24, 2.45) is 0 Å². The van der Waals surface area contributed by atoms with Crippen LogP contribution >= 0.6 is 0 Å². The van der Waals surface area contributed by atoms with Gasteiger partial charge in [0.2, 0.25) is 0 Å². The highest BCUT2D eigenvalue weighted by Gasteiger charge is 2.45. The van der Waals surface area contributed by atoms with E-state index in [1.54, 1.807) is 42.5 Å². The Kier molecular flexibility index (Phi) is 5.60. The van der Waals surface area contributed by atoms with Crippen molar-refractivity contribution >= 4 is 11.9 Å². The third kappa shape index (κ3) is 3.75. The van der Waals surface area contributed by atoms with Crippen LogP contribution in [-0.2, 0) is 9.53 Å². The highest BCUT2D eigenvalue weighted by atomic mass is 19.1. The maximum atomic E-state index is 14.7. The number of hydrogen-bond donors (Lipinski definition) is 1. The number of aliphatic carboxylic acids is 1. The number of carbonyl (C=O) groups is 2. The average molecular weight is 398 g/mol. The van der Waals surface area contributed by atoms with Gasteiger partial charge in [0.25, 0.3) is 5.91 Å². The molecule has 29 heavy (non-hydrogen) atoms.